The summed E-state index contributed by atoms with van der Waals surface area (Å²) in [4.78, 5) is 11.8. The molecule has 1 aromatic rings. The van der Waals surface area contributed by atoms with E-state index in [2.05, 4.69) is 10.6 Å². The molecule has 1 heterocycles. The highest BCUT2D eigenvalue weighted by atomic mass is 16.5. The van der Waals surface area contributed by atoms with E-state index in [1.165, 1.54) is 12.1 Å². The van der Waals surface area contributed by atoms with Crippen LogP contribution >= 0.6 is 0 Å². The van der Waals surface area contributed by atoms with Crippen LogP contribution in [0.25, 0.3) is 0 Å². The van der Waals surface area contributed by atoms with Gasteiger partial charge in [0.2, 0.25) is 0 Å². The zero-order valence-electron chi connectivity index (χ0n) is 10.9. The fraction of sp³-hybridized carbons (Fsp3) is 0.500. The molecule has 3 N–H and O–H groups in total. The molecule has 0 aliphatic carbocycles. The average molecular weight is 264 g/mol. The van der Waals surface area contributed by atoms with E-state index in [0.717, 1.165) is 25.9 Å². The summed E-state index contributed by atoms with van der Waals surface area (Å²) in [6.07, 6.45) is 2.36. The summed E-state index contributed by atoms with van der Waals surface area (Å²) >= 11 is 0. The van der Waals surface area contributed by atoms with Crippen LogP contribution in [0.1, 0.15) is 23.2 Å². The van der Waals surface area contributed by atoms with Crippen LogP contribution in [0, 0.1) is 0 Å². The summed E-state index contributed by atoms with van der Waals surface area (Å²) in [5, 5.41) is 15.3. The minimum absolute atomic E-state index is 0.0959. The van der Waals surface area contributed by atoms with E-state index in [1.54, 1.807) is 12.1 Å². The van der Waals surface area contributed by atoms with Gasteiger partial charge in [-0.15, -0.1) is 0 Å². The molecule has 0 atom stereocenters. The topological polar surface area (TPSA) is 70.6 Å². The molecular formula is C14H20N2O3. The highest BCUT2D eigenvalue weighted by Gasteiger charge is 2.13. The van der Waals surface area contributed by atoms with E-state index in [9.17, 15) is 9.90 Å². The molecule has 5 nitrogen and oxygen atoms in total. The number of carbonyl (C=O) groups is 1. The fourth-order valence-electron chi connectivity index (χ4n) is 2.10. The second-order valence-corrected chi connectivity index (χ2v) is 4.63. The Balaban J connectivity index is 1.66. The maximum absolute atomic E-state index is 11.8. The number of phenolic OH excluding ortho intramolecular Hbond substituents is 1. The van der Waals surface area contributed by atoms with Crippen molar-refractivity contribution in [3.63, 3.8) is 0 Å². The molecule has 1 saturated heterocycles. The molecule has 1 aromatic carbocycles. The lowest BCUT2D eigenvalue weighted by Gasteiger charge is -2.22. The molecule has 0 aromatic heterocycles. The largest absolute Gasteiger partial charge is 0.508 e. The predicted molar refractivity (Wildman–Crippen MR) is 72.3 cm³/mol. The third-order valence-corrected chi connectivity index (χ3v) is 3.14. The van der Waals surface area contributed by atoms with Gasteiger partial charge in [-0.1, -0.05) is 6.07 Å². The molecule has 0 saturated carbocycles. The van der Waals surface area contributed by atoms with Gasteiger partial charge in [-0.2, -0.15) is 0 Å². The van der Waals surface area contributed by atoms with Crippen LogP contribution in [0.5, 0.6) is 5.75 Å². The van der Waals surface area contributed by atoms with Crippen LogP contribution in [-0.2, 0) is 4.74 Å². The second-order valence-electron chi connectivity index (χ2n) is 4.63. The maximum atomic E-state index is 11.8. The molecule has 0 spiro atoms. The molecule has 19 heavy (non-hydrogen) atoms. The molecule has 1 aliphatic heterocycles. The predicted octanol–water partition coefficient (Wildman–Crippen LogP) is 0.891. The van der Waals surface area contributed by atoms with Gasteiger partial charge in [-0.3, -0.25) is 4.79 Å². The quantitative estimate of drug-likeness (QED) is 0.691. The van der Waals surface area contributed by atoms with Crippen LogP contribution in [0.2, 0.25) is 0 Å². The standard InChI is InChI=1S/C14H20N2O3/c17-12-3-1-2-11(10-12)14(18)16-8-9-19-13-4-6-15-7-5-13/h1-3,10,13,15,17H,4-9H2,(H,16,18). The van der Waals surface area contributed by atoms with E-state index in [1.807, 2.05) is 0 Å². The fourth-order valence-corrected chi connectivity index (χ4v) is 2.10. The molecule has 2 rings (SSSR count). The lowest BCUT2D eigenvalue weighted by molar-refractivity contribution is 0.0343. The van der Waals surface area contributed by atoms with E-state index in [0.29, 0.717) is 24.8 Å². The van der Waals surface area contributed by atoms with Crippen molar-refractivity contribution in [1.82, 2.24) is 10.6 Å². The van der Waals surface area contributed by atoms with Gasteiger partial charge in [0.05, 0.1) is 12.7 Å². The number of ether oxygens (including phenoxy) is 1. The van der Waals surface area contributed by atoms with Crippen LogP contribution in [0.3, 0.4) is 0 Å². The lowest BCUT2D eigenvalue weighted by Crippen LogP contribution is -2.34. The monoisotopic (exact) mass is 264 g/mol. The number of piperidine rings is 1. The molecular weight excluding hydrogens is 244 g/mol. The number of phenols is 1. The lowest BCUT2D eigenvalue weighted by atomic mass is 10.1. The van der Waals surface area contributed by atoms with Crippen molar-refractivity contribution in [3.05, 3.63) is 29.8 Å². The van der Waals surface area contributed by atoms with Crippen LogP contribution < -0.4 is 10.6 Å². The minimum Gasteiger partial charge on any atom is -0.508 e. The molecule has 0 bridgehead atoms. The summed E-state index contributed by atoms with van der Waals surface area (Å²) in [5.41, 5.74) is 0.460. The van der Waals surface area contributed by atoms with E-state index in [4.69, 9.17) is 4.74 Å². The Labute approximate surface area is 113 Å². The molecule has 1 amide bonds. The summed E-state index contributed by atoms with van der Waals surface area (Å²) in [7, 11) is 0. The van der Waals surface area contributed by atoms with Crippen LogP contribution in [-0.4, -0.2) is 43.4 Å². The highest BCUT2D eigenvalue weighted by molar-refractivity contribution is 5.94. The number of carbonyl (C=O) groups excluding carboxylic acids is 1. The molecule has 0 radical (unpaired) electrons. The van der Waals surface area contributed by atoms with Gasteiger partial charge in [0.25, 0.3) is 5.91 Å². The zero-order chi connectivity index (χ0) is 13.5. The van der Waals surface area contributed by atoms with Crippen molar-refractivity contribution in [3.8, 4) is 5.75 Å². The summed E-state index contributed by atoms with van der Waals surface area (Å²) in [5.74, 6) is -0.0941. The first kappa shape index (κ1) is 13.8. The van der Waals surface area contributed by atoms with Gasteiger partial charge in [0.15, 0.2) is 0 Å². The first-order valence-corrected chi connectivity index (χ1v) is 6.65. The molecule has 1 fully saturated rings. The molecule has 0 unspecified atom stereocenters. The first-order chi connectivity index (χ1) is 9.25. The Morgan fingerprint density at radius 1 is 1.42 bits per heavy atom. The third kappa shape index (κ3) is 4.54. The SMILES string of the molecule is O=C(NCCOC1CCNCC1)c1cccc(O)c1. The van der Waals surface area contributed by atoms with Gasteiger partial charge in [-0.25, -0.2) is 0 Å². The van der Waals surface area contributed by atoms with Crippen LogP contribution in [0.4, 0.5) is 0 Å². The van der Waals surface area contributed by atoms with Crippen molar-refractivity contribution < 1.29 is 14.6 Å². The van der Waals surface area contributed by atoms with Crippen molar-refractivity contribution in [1.29, 1.82) is 0 Å². The number of rotatable bonds is 5. The number of aromatic hydroxyl groups is 1. The van der Waals surface area contributed by atoms with Gasteiger partial charge >= 0.3 is 0 Å². The van der Waals surface area contributed by atoms with Gasteiger partial charge in [0, 0.05) is 12.1 Å². The van der Waals surface area contributed by atoms with Crippen molar-refractivity contribution >= 4 is 5.91 Å². The normalized spacial score (nSPS) is 16.2. The Hall–Kier alpha value is -1.59. The van der Waals surface area contributed by atoms with Crippen LogP contribution in [0.15, 0.2) is 24.3 Å². The molecule has 5 heteroatoms. The van der Waals surface area contributed by atoms with Gasteiger partial charge in [-0.05, 0) is 44.1 Å². The van der Waals surface area contributed by atoms with E-state index < -0.39 is 0 Å². The first-order valence-electron chi connectivity index (χ1n) is 6.65. The van der Waals surface area contributed by atoms with Gasteiger partial charge in [0.1, 0.15) is 5.75 Å². The number of benzene rings is 1. The maximum Gasteiger partial charge on any atom is 0.251 e. The number of nitrogens with one attached hydrogen (secondary N) is 2. The average Bonchev–Trinajstić information content (AvgIpc) is 2.44. The molecule has 1 aliphatic rings. The summed E-state index contributed by atoms with van der Waals surface area (Å²) in [6, 6.07) is 6.30. The Morgan fingerprint density at radius 2 is 2.21 bits per heavy atom. The number of amides is 1. The number of hydrogen-bond acceptors (Lipinski definition) is 4. The Bertz CT molecular complexity index is 417. The minimum atomic E-state index is -0.190. The summed E-state index contributed by atoms with van der Waals surface area (Å²) in [6.45, 7) is 3.01. The third-order valence-electron chi connectivity index (χ3n) is 3.14. The van der Waals surface area contributed by atoms with Crippen molar-refractivity contribution in [2.75, 3.05) is 26.2 Å². The second kappa shape index (κ2) is 7.11. The number of hydrogen-bond donors (Lipinski definition) is 3. The Morgan fingerprint density at radius 3 is 2.95 bits per heavy atom. The van der Waals surface area contributed by atoms with Gasteiger partial charge < -0.3 is 20.5 Å². The van der Waals surface area contributed by atoms with Crippen molar-refractivity contribution in [2.24, 2.45) is 0 Å². The summed E-state index contributed by atoms with van der Waals surface area (Å²) < 4.78 is 5.69. The van der Waals surface area contributed by atoms with E-state index in [-0.39, 0.29) is 11.7 Å². The highest BCUT2D eigenvalue weighted by Crippen LogP contribution is 2.10. The Kier molecular flexibility index (Phi) is 5.18. The smallest absolute Gasteiger partial charge is 0.251 e. The van der Waals surface area contributed by atoms with E-state index >= 15 is 0 Å². The van der Waals surface area contributed by atoms with Crippen molar-refractivity contribution in [2.45, 2.75) is 18.9 Å². The molecule has 104 valence electrons. The zero-order valence-corrected chi connectivity index (χ0v) is 10.9.